The summed E-state index contributed by atoms with van der Waals surface area (Å²) < 4.78 is 16.9. The van der Waals surface area contributed by atoms with E-state index in [1.165, 1.54) is 25.9 Å². The van der Waals surface area contributed by atoms with Gasteiger partial charge in [0, 0.05) is 43.3 Å². The second-order valence-corrected chi connectivity index (χ2v) is 9.21. The molecule has 0 aliphatic carbocycles. The van der Waals surface area contributed by atoms with E-state index in [-0.39, 0.29) is 12.5 Å². The van der Waals surface area contributed by atoms with Crippen LogP contribution in [0.1, 0.15) is 39.5 Å². The van der Waals surface area contributed by atoms with Crippen LogP contribution in [-0.2, 0) is 9.53 Å². The van der Waals surface area contributed by atoms with Crippen LogP contribution >= 0.6 is 0 Å². The first kappa shape index (κ1) is 28.5. The maximum absolute atomic E-state index is 12.3. The van der Waals surface area contributed by atoms with Crippen molar-refractivity contribution in [2.75, 3.05) is 71.5 Å². The van der Waals surface area contributed by atoms with E-state index in [1.54, 1.807) is 13.3 Å². The zero-order valence-corrected chi connectivity index (χ0v) is 22.6. The summed E-state index contributed by atoms with van der Waals surface area (Å²) in [5, 5.41) is 6.53. The fourth-order valence-electron chi connectivity index (χ4n) is 4.25. The highest BCUT2D eigenvalue weighted by Crippen LogP contribution is 2.31. The number of carbonyl (C=O) groups excluding carboxylic acids is 1. The molecule has 0 radical (unpaired) electrons. The number of likely N-dealkylation sites (tertiary alicyclic amines) is 1. The number of ether oxygens (including phenoxy) is 3. The average Bonchev–Trinajstić information content (AvgIpc) is 3.44. The van der Waals surface area contributed by atoms with Crippen LogP contribution in [0.2, 0.25) is 0 Å². The molecule has 2 aliphatic rings. The van der Waals surface area contributed by atoms with Crippen LogP contribution < -0.4 is 20.1 Å². The molecule has 0 aromatic heterocycles. The second-order valence-electron chi connectivity index (χ2n) is 9.21. The van der Waals surface area contributed by atoms with Crippen molar-refractivity contribution in [3.8, 4) is 11.5 Å². The molecule has 2 fully saturated rings. The van der Waals surface area contributed by atoms with Crippen LogP contribution in [0.15, 0.2) is 46.9 Å². The van der Waals surface area contributed by atoms with Crippen molar-refractivity contribution in [2.24, 2.45) is 4.99 Å². The topological polar surface area (TPSA) is 87.7 Å². The molecular weight excluding hydrogens is 470 g/mol. The van der Waals surface area contributed by atoms with E-state index in [2.05, 4.69) is 27.4 Å². The molecule has 1 aromatic carbocycles. The van der Waals surface area contributed by atoms with Gasteiger partial charge in [0.05, 0.1) is 33.5 Å². The lowest BCUT2D eigenvalue weighted by Crippen LogP contribution is -2.44. The van der Waals surface area contributed by atoms with E-state index in [4.69, 9.17) is 14.2 Å². The number of benzene rings is 1. The third-order valence-corrected chi connectivity index (χ3v) is 6.33. The first-order chi connectivity index (χ1) is 18.1. The van der Waals surface area contributed by atoms with Crippen molar-refractivity contribution < 1.29 is 19.0 Å². The number of hydrogen-bond acceptors (Lipinski definition) is 8. The SMILES string of the molecule is CC/C=C(/N=C/C=C(\C)NCC(=O)N1CCOCC1)Nc1ccc(OC)c(OCCCN2CCCC2)c1. The highest BCUT2D eigenvalue weighted by molar-refractivity contribution is 5.79. The van der Waals surface area contributed by atoms with Crippen LogP contribution in [0.4, 0.5) is 5.69 Å². The van der Waals surface area contributed by atoms with Gasteiger partial charge < -0.3 is 34.6 Å². The van der Waals surface area contributed by atoms with Gasteiger partial charge in [0.1, 0.15) is 5.82 Å². The number of nitrogens with zero attached hydrogens (tertiary/aromatic N) is 3. The van der Waals surface area contributed by atoms with Gasteiger partial charge in [0.25, 0.3) is 0 Å². The quantitative estimate of drug-likeness (QED) is 0.290. The number of carbonyl (C=O) groups is 1. The summed E-state index contributed by atoms with van der Waals surface area (Å²) in [7, 11) is 1.66. The molecule has 0 unspecified atom stereocenters. The molecule has 2 heterocycles. The fourth-order valence-corrected chi connectivity index (χ4v) is 4.25. The van der Waals surface area contributed by atoms with E-state index >= 15 is 0 Å². The standard InChI is InChI=1S/C28H43N5O4/c1-4-8-27(29-12-11-23(2)30-22-28(34)33-16-19-36-20-17-33)31-24-9-10-25(35-3)26(21-24)37-18-7-15-32-13-5-6-14-32/h8-12,21,30-31H,4-7,13-20,22H2,1-3H3/b23-11+,27-8-,29-12+. The summed E-state index contributed by atoms with van der Waals surface area (Å²) in [6, 6.07) is 5.81. The molecule has 0 bridgehead atoms. The first-order valence-electron chi connectivity index (χ1n) is 13.4. The molecule has 0 spiro atoms. The molecule has 2 saturated heterocycles. The van der Waals surface area contributed by atoms with Gasteiger partial charge in [0.15, 0.2) is 11.5 Å². The monoisotopic (exact) mass is 513 g/mol. The minimum Gasteiger partial charge on any atom is -0.493 e. The van der Waals surface area contributed by atoms with Crippen molar-refractivity contribution >= 4 is 17.8 Å². The average molecular weight is 514 g/mol. The molecule has 0 saturated carbocycles. The Bertz CT molecular complexity index is 935. The van der Waals surface area contributed by atoms with E-state index < -0.39 is 0 Å². The van der Waals surface area contributed by atoms with E-state index in [9.17, 15) is 4.79 Å². The molecular formula is C28H43N5O4. The summed E-state index contributed by atoms with van der Waals surface area (Å²) in [6.07, 6.45) is 10.1. The van der Waals surface area contributed by atoms with E-state index in [1.807, 2.05) is 42.2 Å². The Morgan fingerprint density at radius 2 is 1.95 bits per heavy atom. The first-order valence-corrected chi connectivity index (χ1v) is 13.4. The molecule has 2 aliphatic heterocycles. The zero-order chi connectivity index (χ0) is 26.3. The molecule has 204 valence electrons. The number of nitrogens with one attached hydrogen (secondary N) is 2. The Balaban J connectivity index is 1.51. The number of rotatable bonds is 14. The van der Waals surface area contributed by atoms with E-state index in [0.717, 1.165) is 42.3 Å². The molecule has 2 N–H and O–H groups in total. The summed E-state index contributed by atoms with van der Waals surface area (Å²) in [4.78, 5) is 21.2. The van der Waals surface area contributed by atoms with Gasteiger partial charge in [-0.15, -0.1) is 0 Å². The van der Waals surface area contributed by atoms with Crippen molar-refractivity contribution in [3.05, 3.63) is 41.9 Å². The molecule has 3 rings (SSSR count). The molecule has 1 aromatic rings. The number of amides is 1. The number of aliphatic imine (C=N–C) groups is 1. The minimum atomic E-state index is 0.0785. The highest BCUT2D eigenvalue weighted by Gasteiger charge is 2.16. The Morgan fingerprint density at radius 3 is 2.68 bits per heavy atom. The molecule has 9 nitrogen and oxygen atoms in total. The number of hydrogen-bond donors (Lipinski definition) is 2. The van der Waals surface area contributed by atoms with E-state index in [0.29, 0.717) is 38.7 Å². The van der Waals surface area contributed by atoms with Gasteiger partial charge in [-0.1, -0.05) is 6.92 Å². The summed E-state index contributed by atoms with van der Waals surface area (Å²) in [5.74, 6) is 2.25. The lowest BCUT2D eigenvalue weighted by molar-refractivity contribution is -0.134. The number of allylic oxidation sites excluding steroid dienone is 3. The molecule has 1 amide bonds. The van der Waals surface area contributed by atoms with Crippen LogP contribution in [-0.4, -0.2) is 88.1 Å². The summed E-state index contributed by atoms with van der Waals surface area (Å²) >= 11 is 0. The van der Waals surface area contributed by atoms with Crippen LogP contribution in [0.3, 0.4) is 0 Å². The summed E-state index contributed by atoms with van der Waals surface area (Å²) in [6.45, 7) is 10.9. The van der Waals surface area contributed by atoms with Gasteiger partial charge >= 0.3 is 0 Å². The van der Waals surface area contributed by atoms with Crippen LogP contribution in [0.25, 0.3) is 0 Å². The van der Waals surface area contributed by atoms with Crippen LogP contribution in [0.5, 0.6) is 11.5 Å². The lowest BCUT2D eigenvalue weighted by Gasteiger charge is -2.27. The number of morpholine rings is 1. The molecule has 0 atom stereocenters. The Labute approximate surface area is 221 Å². The second kappa shape index (κ2) is 15.9. The van der Waals surface area contributed by atoms with Gasteiger partial charge in [-0.05, 0) is 70.0 Å². The molecule has 9 heteroatoms. The minimum absolute atomic E-state index is 0.0785. The van der Waals surface area contributed by atoms with Crippen molar-refractivity contribution in [1.29, 1.82) is 0 Å². The lowest BCUT2D eigenvalue weighted by atomic mass is 10.2. The maximum atomic E-state index is 12.3. The Morgan fingerprint density at radius 1 is 1.16 bits per heavy atom. The van der Waals surface area contributed by atoms with Crippen LogP contribution in [0, 0.1) is 0 Å². The Hall–Kier alpha value is -3.04. The van der Waals surface area contributed by atoms with Gasteiger partial charge in [-0.3, -0.25) is 4.79 Å². The van der Waals surface area contributed by atoms with Gasteiger partial charge in [0.2, 0.25) is 5.91 Å². The number of anilines is 1. The van der Waals surface area contributed by atoms with Crippen molar-refractivity contribution in [3.63, 3.8) is 0 Å². The number of methoxy groups -OCH3 is 1. The largest absolute Gasteiger partial charge is 0.493 e. The maximum Gasteiger partial charge on any atom is 0.242 e. The molecule has 37 heavy (non-hydrogen) atoms. The van der Waals surface area contributed by atoms with Crippen molar-refractivity contribution in [2.45, 2.75) is 39.5 Å². The van der Waals surface area contributed by atoms with Gasteiger partial charge in [-0.25, -0.2) is 4.99 Å². The smallest absolute Gasteiger partial charge is 0.242 e. The Kier molecular flexibility index (Phi) is 12.3. The predicted molar refractivity (Wildman–Crippen MR) is 148 cm³/mol. The third-order valence-electron chi connectivity index (χ3n) is 6.33. The van der Waals surface area contributed by atoms with Crippen molar-refractivity contribution in [1.82, 2.24) is 15.1 Å². The predicted octanol–water partition coefficient (Wildman–Crippen LogP) is 3.65. The fraction of sp³-hybridized carbons (Fsp3) is 0.571. The highest BCUT2D eigenvalue weighted by atomic mass is 16.5. The zero-order valence-electron chi connectivity index (χ0n) is 22.6. The third kappa shape index (κ3) is 10.1. The normalized spacial score (nSPS) is 17.3. The van der Waals surface area contributed by atoms with Gasteiger partial charge in [-0.2, -0.15) is 0 Å². The summed E-state index contributed by atoms with van der Waals surface area (Å²) in [5.41, 5.74) is 1.75.